The molecule has 1 N–H and O–H groups in total. The van der Waals surface area contributed by atoms with E-state index in [1.807, 2.05) is 18.2 Å². The number of carbonyl (C=O) groups is 2. The molecule has 0 aliphatic heterocycles. The molecule has 0 fully saturated rings. The number of fused-ring (bicyclic) bond motifs is 1. The van der Waals surface area contributed by atoms with Crippen molar-refractivity contribution >= 4 is 11.8 Å². The molecular formula is C17H18N2O3. The lowest BCUT2D eigenvalue weighted by Gasteiger charge is -2.17. The Bertz CT molecular complexity index is 692. The lowest BCUT2D eigenvalue weighted by molar-refractivity contribution is -0.140. The molecule has 3 rings (SSSR count). The number of carbonyl (C=O) groups excluding carboxylic acids is 1. The molecule has 1 atom stereocenters. The number of hydrogen-bond donors (Lipinski definition) is 1. The minimum absolute atomic E-state index is 0.0650. The van der Waals surface area contributed by atoms with Crippen molar-refractivity contribution in [3.63, 3.8) is 0 Å². The fourth-order valence-corrected chi connectivity index (χ4v) is 2.97. The van der Waals surface area contributed by atoms with E-state index >= 15 is 0 Å². The van der Waals surface area contributed by atoms with Crippen LogP contribution in [0.15, 0.2) is 36.9 Å². The first-order chi connectivity index (χ1) is 10.6. The highest BCUT2D eigenvalue weighted by Gasteiger charge is 2.24. The summed E-state index contributed by atoms with van der Waals surface area (Å²) < 4.78 is 1.46. The molecule has 22 heavy (non-hydrogen) atoms. The Morgan fingerprint density at radius 3 is 2.68 bits per heavy atom. The largest absolute Gasteiger partial charge is 0.480 e. The van der Waals surface area contributed by atoms with Gasteiger partial charge in [0.25, 0.3) is 0 Å². The number of aryl methyl sites for hydroxylation is 2. The van der Waals surface area contributed by atoms with E-state index < -0.39 is 12.0 Å². The van der Waals surface area contributed by atoms with Gasteiger partial charge in [-0.25, -0.2) is 9.78 Å². The number of carboxylic acids is 1. The highest BCUT2D eigenvalue weighted by Crippen LogP contribution is 2.24. The van der Waals surface area contributed by atoms with E-state index in [-0.39, 0.29) is 12.2 Å². The van der Waals surface area contributed by atoms with Crippen LogP contribution in [-0.4, -0.2) is 26.4 Å². The van der Waals surface area contributed by atoms with Crippen molar-refractivity contribution in [2.45, 2.75) is 38.1 Å². The van der Waals surface area contributed by atoms with Crippen LogP contribution >= 0.6 is 0 Å². The van der Waals surface area contributed by atoms with Gasteiger partial charge in [-0.15, -0.1) is 0 Å². The van der Waals surface area contributed by atoms with Crippen molar-refractivity contribution in [1.82, 2.24) is 9.55 Å². The molecule has 5 nitrogen and oxygen atoms in total. The minimum Gasteiger partial charge on any atom is -0.480 e. The van der Waals surface area contributed by atoms with Gasteiger partial charge in [-0.1, -0.05) is 12.1 Å². The maximum Gasteiger partial charge on any atom is 0.327 e. The lowest BCUT2D eigenvalue weighted by Crippen LogP contribution is -2.21. The summed E-state index contributed by atoms with van der Waals surface area (Å²) in [6, 6.07) is 4.85. The summed E-state index contributed by atoms with van der Waals surface area (Å²) in [5.41, 5.74) is 3.14. The zero-order valence-electron chi connectivity index (χ0n) is 12.2. The zero-order valence-corrected chi connectivity index (χ0v) is 12.2. The number of Topliss-reactive ketones (excluding diaryl/α,β-unsaturated/α-hetero) is 1. The Labute approximate surface area is 128 Å². The van der Waals surface area contributed by atoms with Crippen LogP contribution in [0.1, 0.15) is 46.8 Å². The van der Waals surface area contributed by atoms with Crippen molar-refractivity contribution in [1.29, 1.82) is 0 Å². The quantitative estimate of drug-likeness (QED) is 0.861. The minimum atomic E-state index is -1.02. The van der Waals surface area contributed by atoms with Crippen molar-refractivity contribution < 1.29 is 14.7 Å². The fourth-order valence-electron chi connectivity index (χ4n) is 2.97. The monoisotopic (exact) mass is 298 g/mol. The first kappa shape index (κ1) is 14.5. The summed E-state index contributed by atoms with van der Waals surface area (Å²) in [5, 5.41) is 9.33. The second-order valence-electron chi connectivity index (χ2n) is 5.68. The van der Waals surface area contributed by atoms with Gasteiger partial charge in [0.15, 0.2) is 5.78 Å². The van der Waals surface area contributed by atoms with E-state index in [1.54, 1.807) is 6.20 Å². The van der Waals surface area contributed by atoms with Crippen LogP contribution in [0.4, 0.5) is 0 Å². The van der Waals surface area contributed by atoms with E-state index in [0.29, 0.717) is 5.56 Å². The van der Waals surface area contributed by atoms with Crippen LogP contribution in [0.5, 0.6) is 0 Å². The van der Waals surface area contributed by atoms with E-state index in [1.165, 1.54) is 34.6 Å². The number of nitrogens with zero attached hydrogens (tertiary/aromatic N) is 2. The summed E-state index contributed by atoms with van der Waals surface area (Å²) >= 11 is 0. The van der Waals surface area contributed by atoms with Crippen LogP contribution in [0.2, 0.25) is 0 Å². The smallest absolute Gasteiger partial charge is 0.327 e. The Hall–Kier alpha value is -2.43. The molecular weight excluding hydrogens is 280 g/mol. The summed E-state index contributed by atoms with van der Waals surface area (Å²) in [6.45, 7) is 0. The van der Waals surface area contributed by atoms with Crippen LogP contribution in [-0.2, 0) is 17.6 Å². The van der Waals surface area contributed by atoms with E-state index in [4.69, 9.17) is 0 Å². The van der Waals surface area contributed by atoms with Gasteiger partial charge in [0.1, 0.15) is 6.04 Å². The highest BCUT2D eigenvalue weighted by molar-refractivity contribution is 5.98. The summed E-state index contributed by atoms with van der Waals surface area (Å²) in [6.07, 6.45) is 8.86. The number of aliphatic carboxylic acids is 1. The van der Waals surface area contributed by atoms with Crippen LogP contribution < -0.4 is 0 Å². The SMILES string of the molecule is O=C(C[C@H](C(=O)O)n1ccnc1)c1ccc2c(c1)CCCC2. The Morgan fingerprint density at radius 1 is 1.23 bits per heavy atom. The van der Waals surface area contributed by atoms with E-state index in [2.05, 4.69) is 4.98 Å². The molecule has 0 saturated heterocycles. The average molecular weight is 298 g/mol. The predicted molar refractivity (Wildman–Crippen MR) is 80.9 cm³/mol. The van der Waals surface area contributed by atoms with Gasteiger partial charge < -0.3 is 9.67 Å². The second kappa shape index (κ2) is 6.13. The topological polar surface area (TPSA) is 72.2 Å². The number of ketones is 1. The normalized spacial score (nSPS) is 15.1. The third kappa shape index (κ3) is 2.93. The van der Waals surface area contributed by atoms with Gasteiger partial charge in [0.2, 0.25) is 0 Å². The lowest BCUT2D eigenvalue weighted by atomic mass is 9.89. The Kier molecular flexibility index (Phi) is 4.04. The number of hydrogen-bond acceptors (Lipinski definition) is 3. The van der Waals surface area contributed by atoms with Crippen molar-refractivity contribution in [2.75, 3.05) is 0 Å². The molecule has 114 valence electrons. The maximum absolute atomic E-state index is 12.4. The molecule has 5 heteroatoms. The molecule has 1 heterocycles. The third-order valence-electron chi connectivity index (χ3n) is 4.22. The number of imidazole rings is 1. The van der Waals surface area contributed by atoms with Crippen LogP contribution in [0, 0.1) is 0 Å². The van der Waals surface area contributed by atoms with E-state index in [0.717, 1.165) is 19.3 Å². The number of carboxylic acid groups (broad SMARTS) is 1. The first-order valence-corrected chi connectivity index (χ1v) is 7.50. The van der Waals surface area contributed by atoms with Gasteiger partial charge >= 0.3 is 5.97 Å². The fraction of sp³-hybridized carbons (Fsp3) is 0.353. The number of benzene rings is 1. The van der Waals surface area contributed by atoms with Crippen molar-refractivity contribution in [2.24, 2.45) is 0 Å². The molecule has 0 bridgehead atoms. The second-order valence-corrected chi connectivity index (χ2v) is 5.68. The van der Waals surface area contributed by atoms with Gasteiger partial charge in [-0.3, -0.25) is 4.79 Å². The molecule has 0 unspecified atom stereocenters. The number of rotatable bonds is 5. The standard InChI is InChI=1S/C17H18N2O3/c20-16(10-15(17(21)22)19-8-7-18-11-19)14-6-5-12-3-1-2-4-13(12)9-14/h5-9,11,15H,1-4,10H2,(H,21,22)/t15-/m1/s1. The number of aromatic nitrogens is 2. The maximum atomic E-state index is 12.4. The third-order valence-corrected chi connectivity index (χ3v) is 4.22. The average Bonchev–Trinajstić information content (AvgIpc) is 3.05. The molecule has 0 saturated carbocycles. The molecule has 0 amide bonds. The molecule has 1 aromatic heterocycles. The molecule has 1 aliphatic carbocycles. The highest BCUT2D eigenvalue weighted by atomic mass is 16.4. The molecule has 1 aliphatic rings. The molecule has 1 aromatic carbocycles. The van der Waals surface area contributed by atoms with Crippen LogP contribution in [0.3, 0.4) is 0 Å². The zero-order chi connectivity index (χ0) is 15.5. The summed E-state index contributed by atoms with van der Waals surface area (Å²) in [5.74, 6) is -1.17. The molecule has 0 radical (unpaired) electrons. The van der Waals surface area contributed by atoms with Gasteiger partial charge in [0, 0.05) is 24.4 Å². The summed E-state index contributed by atoms with van der Waals surface area (Å²) in [4.78, 5) is 27.7. The van der Waals surface area contributed by atoms with Gasteiger partial charge in [-0.05, 0) is 42.9 Å². The van der Waals surface area contributed by atoms with Gasteiger partial charge in [0.05, 0.1) is 6.33 Å². The Balaban J connectivity index is 1.80. The van der Waals surface area contributed by atoms with Crippen LogP contribution in [0.25, 0.3) is 0 Å². The Morgan fingerprint density at radius 2 is 2.00 bits per heavy atom. The van der Waals surface area contributed by atoms with Gasteiger partial charge in [-0.2, -0.15) is 0 Å². The molecule has 0 spiro atoms. The summed E-state index contributed by atoms with van der Waals surface area (Å²) in [7, 11) is 0. The predicted octanol–water partition coefficient (Wildman–Crippen LogP) is 2.66. The van der Waals surface area contributed by atoms with Crippen molar-refractivity contribution in [3.05, 3.63) is 53.6 Å². The van der Waals surface area contributed by atoms with Crippen molar-refractivity contribution in [3.8, 4) is 0 Å². The van der Waals surface area contributed by atoms with E-state index in [9.17, 15) is 14.7 Å². The molecule has 2 aromatic rings. The first-order valence-electron chi connectivity index (χ1n) is 7.50.